The van der Waals surface area contributed by atoms with E-state index in [2.05, 4.69) is 9.88 Å². The minimum Gasteiger partial charge on any atom is -0.464 e. The van der Waals surface area contributed by atoms with E-state index in [1.165, 1.54) is 11.3 Å². The first kappa shape index (κ1) is 14.7. The van der Waals surface area contributed by atoms with Gasteiger partial charge in [0.2, 0.25) is 0 Å². The van der Waals surface area contributed by atoms with Gasteiger partial charge in [-0.15, -0.1) is 11.3 Å². The van der Waals surface area contributed by atoms with Gasteiger partial charge in [0.15, 0.2) is 0 Å². The molecule has 0 spiro atoms. The number of likely N-dealkylation sites (N-methyl/N-ethyl adjacent to an activating group) is 1. The van der Waals surface area contributed by atoms with Gasteiger partial charge in [-0.1, -0.05) is 0 Å². The molecular formula is C14H19N3O2S. The maximum atomic E-state index is 12.4. The van der Waals surface area contributed by atoms with Crippen molar-refractivity contribution in [3.05, 3.63) is 40.2 Å². The molecule has 0 radical (unpaired) electrons. The molecule has 2 rings (SSSR count). The number of rotatable bonds is 6. The average molecular weight is 293 g/mol. The Morgan fingerprint density at radius 2 is 2.15 bits per heavy atom. The highest BCUT2D eigenvalue weighted by Crippen LogP contribution is 2.13. The van der Waals surface area contributed by atoms with E-state index >= 15 is 0 Å². The fraction of sp³-hybridized carbons (Fsp3) is 0.429. The van der Waals surface area contributed by atoms with Gasteiger partial charge in [0.1, 0.15) is 17.2 Å². The molecule has 0 N–H and O–H groups in total. The van der Waals surface area contributed by atoms with Crippen LogP contribution in [0.4, 0.5) is 0 Å². The third kappa shape index (κ3) is 3.91. The maximum Gasteiger partial charge on any atom is 0.273 e. The fourth-order valence-electron chi connectivity index (χ4n) is 1.81. The zero-order valence-corrected chi connectivity index (χ0v) is 12.8. The predicted octanol–water partition coefficient (Wildman–Crippen LogP) is 2.25. The van der Waals surface area contributed by atoms with E-state index in [1.807, 2.05) is 33.2 Å². The van der Waals surface area contributed by atoms with Crippen molar-refractivity contribution in [2.75, 3.05) is 27.2 Å². The number of carbonyl (C=O) groups excluding carboxylic acids is 1. The number of nitrogens with zero attached hydrogens (tertiary/aromatic N) is 3. The summed E-state index contributed by atoms with van der Waals surface area (Å²) in [6.45, 7) is 3.81. The van der Waals surface area contributed by atoms with Crippen LogP contribution < -0.4 is 0 Å². The van der Waals surface area contributed by atoms with Gasteiger partial charge in [-0.25, -0.2) is 4.98 Å². The van der Waals surface area contributed by atoms with Gasteiger partial charge in [0.25, 0.3) is 5.91 Å². The van der Waals surface area contributed by atoms with Crippen LogP contribution in [0.15, 0.2) is 27.4 Å². The minimum absolute atomic E-state index is 0.0536. The topological polar surface area (TPSA) is 49.6 Å². The van der Waals surface area contributed by atoms with Gasteiger partial charge < -0.3 is 14.2 Å². The standard InChI is InChI=1S/C14H19N3O2S/c1-11-4-5-12(19-11)8-17(7-6-16(2)3)14(18)13-9-20-10-15-13/h4-5,9-10H,6-8H2,1-3H3. The highest BCUT2D eigenvalue weighted by molar-refractivity contribution is 7.07. The average Bonchev–Trinajstić information content (AvgIpc) is 3.04. The Labute approximate surface area is 122 Å². The second-order valence-corrected chi connectivity index (χ2v) is 5.63. The summed E-state index contributed by atoms with van der Waals surface area (Å²) in [7, 11) is 3.98. The van der Waals surface area contributed by atoms with Crippen molar-refractivity contribution >= 4 is 17.2 Å². The molecule has 0 saturated carbocycles. The maximum absolute atomic E-state index is 12.4. The summed E-state index contributed by atoms with van der Waals surface area (Å²) >= 11 is 1.43. The third-order valence-electron chi connectivity index (χ3n) is 2.90. The van der Waals surface area contributed by atoms with Crippen LogP contribution in [0.5, 0.6) is 0 Å². The predicted molar refractivity (Wildman–Crippen MR) is 78.9 cm³/mol. The van der Waals surface area contributed by atoms with E-state index in [0.717, 1.165) is 18.1 Å². The van der Waals surface area contributed by atoms with E-state index in [-0.39, 0.29) is 5.91 Å². The molecule has 20 heavy (non-hydrogen) atoms. The molecule has 108 valence electrons. The molecule has 2 aromatic heterocycles. The normalized spacial score (nSPS) is 11.0. The second kappa shape index (κ2) is 6.67. The molecule has 5 nitrogen and oxygen atoms in total. The Kier molecular flexibility index (Phi) is 4.92. The monoisotopic (exact) mass is 293 g/mol. The van der Waals surface area contributed by atoms with Crippen LogP contribution in [0, 0.1) is 6.92 Å². The van der Waals surface area contributed by atoms with Crippen LogP contribution in [0.1, 0.15) is 22.0 Å². The Hall–Kier alpha value is -1.66. The van der Waals surface area contributed by atoms with E-state index in [4.69, 9.17) is 4.42 Å². The summed E-state index contributed by atoms with van der Waals surface area (Å²) in [5.74, 6) is 1.60. The lowest BCUT2D eigenvalue weighted by Gasteiger charge is -2.22. The van der Waals surface area contributed by atoms with Crippen LogP contribution in [0.3, 0.4) is 0 Å². The summed E-state index contributed by atoms with van der Waals surface area (Å²) in [4.78, 5) is 20.4. The smallest absolute Gasteiger partial charge is 0.273 e. The third-order valence-corrected chi connectivity index (χ3v) is 3.48. The molecule has 0 atom stereocenters. The summed E-state index contributed by atoms with van der Waals surface area (Å²) in [6.07, 6.45) is 0. The van der Waals surface area contributed by atoms with Gasteiger partial charge >= 0.3 is 0 Å². The van der Waals surface area contributed by atoms with E-state index in [9.17, 15) is 4.79 Å². The highest BCUT2D eigenvalue weighted by atomic mass is 32.1. The molecule has 0 aliphatic carbocycles. The van der Waals surface area contributed by atoms with Crippen molar-refractivity contribution in [3.8, 4) is 0 Å². The SMILES string of the molecule is Cc1ccc(CN(CCN(C)C)C(=O)c2cscn2)o1. The van der Waals surface area contributed by atoms with Crippen molar-refractivity contribution in [2.24, 2.45) is 0 Å². The number of furan rings is 1. The Morgan fingerprint density at radius 1 is 1.35 bits per heavy atom. The van der Waals surface area contributed by atoms with Gasteiger partial charge in [-0.3, -0.25) is 4.79 Å². The molecule has 1 amide bonds. The van der Waals surface area contributed by atoms with Crippen LogP contribution in [0.25, 0.3) is 0 Å². The zero-order chi connectivity index (χ0) is 14.5. The molecule has 0 bridgehead atoms. The Bertz CT molecular complexity index is 549. The molecule has 0 aliphatic heterocycles. The largest absolute Gasteiger partial charge is 0.464 e. The first-order chi connectivity index (χ1) is 9.56. The van der Waals surface area contributed by atoms with Crippen LogP contribution in [-0.2, 0) is 6.54 Å². The first-order valence-corrected chi connectivity index (χ1v) is 7.38. The molecule has 6 heteroatoms. The lowest BCUT2D eigenvalue weighted by Crippen LogP contribution is -2.36. The number of aryl methyl sites for hydroxylation is 1. The summed E-state index contributed by atoms with van der Waals surface area (Å²) in [5.41, 5.74) is 2.17. The number of aromatic nitrogens is 1. The number of amides is 1. The fourth-order valence-corrected chi connectivity index (χ4v) is 2.34. The lowest BCUT2D eigenvalue weighted by molar-refractivity contribution is 0.0714. The van der Waals surface area contributed by atoms with Crippen molar-refractivity contribution < 1.29 is 9.21 Å². The van der Waals surface area contributed by atoms with Gasteiger partial charge in [-0.2, -0.15) is 0 Å². The van der Waals surface area contributed by atoms with E-state index in [0.29, 0.717) is 18.8 Å². The van der Waals surface area contributed by atoms with Crippen LogP contribution in [0.2, 0.25) is 0 Å². The molecule has 0 fully saturated rings. The van der Waals surface area contributed by atoms with Crippen molar-refractivity contribution in [2.45, 2.75) is 13.5 Å². The van der Waals surface area contributed by atoms with Crippen LogP contribution >= 0.6 is 11.3 Å². The number of thiazole rings is 1. The number of hydrogen-bond donors (Lipinski definition) is 0. The highest BCUT2D eigenvalue weighted by Gasteiger charge is 2.19. The quantitative estimate of drug-likeness (QED) is 0.819. The van der Waals surface area contributed by atoms with Crippen molar-refractivity contribution in [3.63, 3.8) is 0 Å². The Morgan fingerprint density at radius 3 is 2.70 bits per heavy atom. The molecule has 0 aromatic carbocycles. The summed E-state index contributed by atoms with van der Waals surface area (Å²) in [6, 6.07) is 3.82. The summed E-state index contributed by atoms with van der Waals surface area (Å²) < 4.78 is 5.56. The second-order valence-electron chi connectivity index (χ2n) is 4.92. The Balaban J connectivity index is 2.09. The molecule has 0 unspecified atom stereocenters. The van der Waals surface area contributed by atoms with E-state index < -0.39 is 0 Å². The minimum atomic E-state index is -0.0536. The molecule has 2 aromatic rings. The van der Waals surface area contributed by atoms with Crippen molar-refractivity contribution in [1.29, 1.82) is 0 Å². The first-order valence-electron chi connectivity index (χ1n) is 6.44. The molecule has 0 aliphatic rings. The van der Waals surface area contributed by atoms with Gasteiger partial charge in [0, 0.05) is 18.5 Å². The van der Waals surface area contributed by atoms with E-state index in [1.54, 1.807) is 15.8 Å². The summed E-state index contributed by atoms with van der Waals surface area (Å²) in [5, 5.41) is 1.78. The molecule has 0 saturated heterocycles. The zero-order valence-electron chi connectivity index (χ0n) is 12.0. The number of hydrogen-bond acceptors (Lipinski definition) is 5. The molecular weight excluding hydrogens is 274 g/mol. The van der Waals surface area contributed by atoms with Crippen molar-refractivity contribution in [1.82, 2.24) is 14.8 Å². The molecule has 2 heterocycles. The van der Waals surface area contributed by atoms with Gasteiger partial charge in [0.05, 0.1) is 12.1 Å². The number of carbonyl (C=O) groups is 1. The lowest BCUT2D eigenvalue weighted by atomic mass is 10.3. The van der Waals surface area contributed by atoms with Gasteiger partial charge in [-0.05, 0) is 33.2 Å². The van der Waals surface area contributed by atoms with Crippen LogP contribution in [-0.4, -0.2) is 47.9 Å².